The minimum absolute atomic E-state index is 0.0830. The molecule has 0 saturated carbocycles. The van der Waals surface area contributed by atoms with Gasteiger partial charge in [-0.15, -0.1) is 11.3 Å². The molecule has 0 radical (unpaired) electrons. The average molecular weight is 407 g/mol. The van der Waals surface area contributed by atoms with Crippen LogP contribution < -0.4 is 10.9 Å². The lowest BCUT2D eigenvalue weighted by molar-refractivity contribution is -0.121. The number of amides is 1. The molecule has 0 atom stereocenters. The number of nitrogens with one attached hydrogen (secondary N) is 1. The van der Waals surface area contributed by atoms with Gasteiger partial charge in [-0.1, -0.05) is 42.5 Å². The molecule has 2 aromatic carbocycles. The lowest BCUT2D eigenvalue weighted by atomic mass is 10.1. The minimum atomic E-state index is -0.318. The van der Waals surface area contributed by atoms with Crippen molar-refractivity contribution in [2.45, 2.75) is 13.0 Å². The molecular formula is C22H18FN3O2S. The first-order chi connectivity index (χ1) is 14.1. The van der Waals surface area contributed by atoms with Crippen LogP contribution in [0, 0.1) is 5.82 Å². The van der Waals surface area contributed by atoms with Crippen molar-refractivity contribution in [2.24, 2.45) is 0 Å². The average Bonchev–Trinajstić information content (AvgIpc) is 3.16. The van der Waals surface area contributed by atoms with Crippen LogP contribution in [0.4, 0.5) is 4.39 Å². The van der Waals surface area contributed by atoms with Crippen molar-refractivity contribution in [3.63, 3.8) is 0 Å². The third kappa shape index (κ3) is 4.25. The molecule has 4 aromatic rings. The molecule has 1 amide bonds. The number of thiophene rings is 1. The number of aromatic nitrogens is 2. The molecular weight excluding hydrogens is 389 g/mol. The number of hydrogen-bond acceptors (Lipinski definition) is 4. The summed E-state index contributed by atoms with van der Waals surface area (Å²) >= 11 is 1.27. The molecule has 0 unspecified atom stereocenters. The van der Waals surface area contributed by atoms with Crippen molar-refractivity contribution in [1.29, 1.82) is 0 Å². The van der Waals surface area contributed by atoms with Crippen LogP contribution in [0.15, 0.2) is 71.1 Å². The first-order valence-corrected chi connectivity index (χ1v) is 10.0. The minimum Gasteiger partial charge on any atom is -0.354 e. The fourth-order valence-electron chi connectivity index (χ4n) is 3.09. The summed E-state index contributed by atoms with van der Waals surface area (Å²) in [6, 6.07) is 15.9. The standard InChI is InChI=1S/C22H18FN3O2S/c23-17-8-6-16(7-9-17)18-13-29-21-20(18)25-14-26(22(21)28)12-19(27)24-11-10-15-4-2-1-3-5-15/h1-9,13-14H,10-12H2,(H,24,27). The Kier molecular flexibility index (Phi) is 5.48. The zero-order valence-electron chi connectivity index (χ0n) is 15.5. The number of carbonyl (C=O) groups excluding carboxylic acids is 1. The maximum absolute atomic E-state index is 13.2. The highest BCUT2D eigenvalue weighted by Crippen LogP contribution is 2.30. The maximum Gasteiger partial charge on any atom is 0.271 e. The molecule has 0 spiro atoms. The van der Waals surface area contributed by atoms with Gasteiger partial charge in [-0.3, -0.25) is 14.2 Å². The van der Waals surface area contributed by atoms with Crippen molar-refractivity contribution in [3.8, 4) is 11.1 Å². The Morgan fingerprint density at radius 3 is 2.62 bits per heavy atom. The van der Waals surface area contributed by atoms with E-state index < -0.39 is 0 Å². The van der Waals surface area contributed by atoms with Crippen LogP contribution >= 0.6 is 11.3 Å². The Labute approximate surface area is 170 Å². The highest BCUT2D eigenvalue weighted by molar-refractivity contribution is 7.17. The smallest absolute Gasteiger partial charge is 0.271 e. The van der Waals surface area contributed by atoms with Crippen molar-refractivity contribution in [2.75, 3.05) is 6.54 Å². The van der Waals surface area contributed by atoms with E-state index in [2.05, 4.69) is 10.3 Å². The van der Waals surface area contributed by atoms with Gasteiger partial charge in [0.1, 0.15) is 17.1 Å². The van der Waals surface area contributed by atoms with E-state index in [1.807, 2.05) is 35.7 Å². The summed E-state index contributed by atoms with van der Waals surface area (Å²) in [5.74, 6) is -0.554. The first-order valence-electron chi connectivity index (χ1n) is 9.15. The second kappa shape index (κ2) is 8.36. The molecule has 2 heterocycles. The van der Waals surface area contributed by atoms with Crippen LogP contribution in [0.2, 0.25) is 0 Å². The molecule has 1 N–H and O–H groups in total. The van der Waals surface area contributed by atoms with E-state index in [0.29, 0.717) is 16.8 Å². The molecule has 4 rings (SSSR count). The molecule has 146 valence electrons. The Balaban J connectivity index is 1.47. The Morgan fingerprint density at radius 1 is 1.10 bits per heavy atom. The van der Waals surface area contributed by atoms with Gasteiger partial charge in [-0.2, -0.15) is 0 Å². The number of hydrogen-bond donors (Lipinski definition) is 1. The monoisotopic (exact) mass is 407 g/mol. The Hall–Kier alpha value is -3.32. The largest absolute Gasteiger partial charge is 0.354 e. The highest BCUT2D eigenvalue weighted by atomic mass is 32.1. The third-order valence-electron chi connectivity index (χ3n) is 4.59. The number of rotatable bonds is 6. The molecule has 0 saturated heterocycles. The van der Waals surface area contributed by atoms with Gasteiger partial charge in [0.05, 0.1) is 11.8 Å². The summed E-state index contributed by atoms with van der Waals surface area (Å²) in [6.45, 7) is 0.418. The summed E-state index contributed by atoms with van der Waals surface area (Å²) < 4.78 is 14.9. The number of halogens is 1. The van der Waals surface area contributed by atoms with Crippen molar-refractivity contribution in [3.05, 3.63) is 88.0 Å². The lowest BCUT2D eigenvalue weighted by Crippen LogP contribution is -2.33. The van der Waals surface area contributed by atoms with Crippen LogP contribution in [-0.2, 0) is 17.8 Å². The van der Waals surface area contributed by atoms with Crippen LogP contribution in [0.1, 0.15) is 5.56 Å². The summed E-state index contributed by atoms with van der Waals surface area (Å²) in [6.07, 6.45) is 2.12. The van der Waals surface area contributed by atoms with Crippen LogP contribution in [0.3, 0.4) is 0 Å². The van der Waals surface area contributed by atoms with E-state index in [0.717, 1.165) is 23.1 Å². The molecule has 0 aliphatic heterocycles. The van der Waals surface area contributed by atoms with Gasteiger partial charge in [0.25, 0.3) is 5.56 Å². The van der Waals surface area contributed by atoms with Gasteiger partial charge in [0.15, 0.2) is 0 Å². The summed E-state index contributed by atoms with van der Waals surface area (Å²) in [5.41, 5.74) is 3.02. The van der Waals surface area contributed by atoms with E-state index in [4.69, 9.17) is 0 Å². The topological polar surface area (TPSA) is 64.0 Å². The first kappa shape index (κ1) is 19.0. The maximum atomic E-state index is 13.2. The predicted octanol–water partition coefficient (Wildman–Crippen LogP) is 3.62. The van der Waals surface area contributed by atoms with Gasteiger partial charge >= 0.3 is 0 Å². The fourth-order valence-corrected chi connectivity index (χ4v) is 4.07. The zero-order chi connectivity index (χ0) is 20.2. The van der Waals surface area contributed by atoms with Gasteiger partial charge in [-0.25, -0.2) is 9.37 Å². The molecule has 2 aromatic heterocycles. The Morgan fingerprint density at radius 2 is 1.86 bits per heavy atom. The number of carbonyl (C=O) groups is 1. The van der Waals surface area contributed by atoms with E-state index in [1.165, 1.54) is 34.4 Å². The van der Waals surface area contributed by atoms with Crippen molar-refractivity contribution < 1.29 is 9.18 Å². The molecule has 0 fully saturated rings. The van der Waals surface area contributed by atoms with Crippen LogP contribution in [0.5, 0.6) is 0 Å². The van der Waals surface area contributed by atoms with Gasteiger partial charge < -0.3 is 5.32 Å². The predicted molar refractivity (Wildman–Crippen MR) is 112 cm³/mol. The molecule has 29 heavy (non-hydrogen) atoms. The lowest BCUT2D eigenvalue weighted by Gasteiger charge is -2.07. The number of fused-ring (bicyclic) bond motifs is 1. The fraction of sp³-hybridized carbons (Fsp3) is 0.136. The Bertz CT molecular complexity index is 1200. The summed E-state index contributed by atoms with van der Waals surface area (Å²) in [4.78, 5) is 29.4. The molecule has 0 aliphatic carbocycles. The van der Waals surface area contributed by atoms with Crippen molar-refractivity contribution in [1.82, 2.24) is 14.9 Å². The number of benzene rings is 2. The quantitative estimate of drug-likeness (QED) is 0.531. The molecule has 7 heteroatoms. The van der Waals surface area contributed by atoms with E-state index in [1.54, 1.807) is 12.1 Å². The van der Waals surface area contributed by atoms with Crippen LogP contribution in [-0.4, -0.2) is 22.0 Å². The molecule has 5 nitrogen and oxygen atoms in total. The third-order valence-corrected chi connectivity index (χ3v) is 5.55. The van der Waals surface area contributed by atoms with Gasteiger partial charge in [-0.05, 0) is 29.7 Å². The normalized spacial score (nSPS) is 10.9. The van der Waals surface area contributed by atoms with E-state index in [-0.39, 0.29) is 23.8 Å². The number of nitrogens with zero attached hydrogens (tertiary/aromatic N) is 2. The van der Waals surface area contributed by atoms with Crippen molar-refractivity contribution >= 4 is 27.5 Å². The molecule has 0 bridgehead atoms. The highest BCUT2D eigenvalue weighted by Gasteiger charge is 2.14. The van der Waals surface area contributed by atoms with E-state index >= 15 is 0 Å². The van der Waals surface area contributed by atoms with Crippen LogP contribution in [0.25, 0.3) is 21.3 Å². The summed E-state index contributed by atoms with van der Waals surface area (Å²) in [5, 5.41) is 4.66. The zero-order valence-corrected chi connectivity index (χ0v) is 16.3. The second-order valence-electron chi connectivity index (χ2n) is 6.60. The second-order valence-corrected chi connectivity index (χ2v) is 7.48. The van der Waals surface area contributed by atoms with Gasteiger partial charge in [0.2, 0.25) is 5.91 Å². The van der Waals surface area contributed by atoms with Gasteiger partial charge in [0, 0.05) is 17.5 Å². The van der Waals surface area contributed by atoms with E-state index in [9.17, 15) is 14.0 Å². The molecule has 0 aliphatic rings. The SMILES string of the molecule is O=C(Cn1cnc2c(-c3ccc(F)cc3)csc2c1=O)NCCc1ccccc1. The summed E-state index contributed by atoms with van der Waals surface area (Å²) in [7, 11) is 0.